The van der Waals surface area contributed by atoms with Gasteiger partial charge in [-0.15, -0.1) is 0 Å². The zero-order valence-electron chi connectivity index (χ0n) is 15.9. The Balaban J connectivity index is -0.000000487. The van der Waals surface area contributed by atoms with Gasteiger partial charge in [-0.3, -0.25) is 0 Å². The molecular formula is C20H42O3. The third-order valence-electron chi connectivity index (χ3n) is 3.77. The summed E-state index contributed by atoms with van der Waals surface area (Å²) in [7, 11) is 0. The lowest BCUT2D eigenvalue weighted by molar-refractivity contribution is -0.131. The molecule has 0 amide bonds. The average Bonchev–Trinajstić information content (AvgIpc) is 2.49. The molecule has 140 valence electrons. The van der Waals surface area contributed by atoms with Crippen LogP contribution in [0.5, 0.6) is 0 Å². The standard InChI is InChI=1S/C16H34.C4H6O2.H2O/c1-3-5-7-9-11-13-15-16-14-12-10-8-6-4-2;1-2-3-4(5)6;/h3-16H2,1-2H3;2-3H,1H3,(H,5,6);1H2. The van der Waals surface area contributed by atoms with E-state index in [2.05, 4.69) is 13.8 Å². The molecule has 0 saturated heterocycles. The third-order valence-corrected chi connectivity index (χ3v) is 3.77. The van der Waals surface area contributed by atoms with E-state index in [0.717, 1.165) is 6.08 Å². The number of hydrogen-bond acceptors (Lipinski definition) is 1. The molecule has 0 rings (SSSR count). The first-order chi connectivity index (χ1) is 10.7. The van der Waals surface area contributed by atoms with Crippen molar-refractivity contribution in [3.8, 4) is 0 Å². The van der Waals surface area contributed by atoms with E-state index in [9.17, 15) is 4.79 Å². The van der Waals surface area contributed by atoms with Crippen LogP contribution in [0.3, 0.4) is 0 Å². The molecule has 0 aliphatic heterocycles. The minimum atomic E-state index is -0.891. The smallest absolute Gasteiger partial charge is 0.327 e. The molecule has 0 unspecified atom stereocenters. The van der Waals surface area contributed by atoms with Crippen molar-refractivity contribution in [1.29, 1.82) is 0 Å². The first-order valence-electron chi connectivity index (χ1n) is 9.54. The van der Waals surface area contributed by atoms with Gasteiger partial charge < -0.3 is 10.6 Å². The van der Waals surface area contributed by atoms with E-state index in [1.54, 1.807) is 6.92 Å². The van der Waals surface area contributed by atoms with Gasteiger partial charge in [-0.25, -0.2) is 4.79 Å². The minimum absolute atomic E-state index is 0. The van der Waals surface area contributed by atoms with Crippen LogP contribution in [-0.4, -0.2) is 16.6 Å². The number of unbranched alkanes of at least 4 members (excludes halogenated alkanes) is 13. The van der Waals surface area contributed by atoms with Crippen molar-refractivity contribution in [2.75, 3.05) is 0 Å². The maximum absolute atomic E-state index is 9.51. The van der Waals surface area contributed by atoms with Crippen LogP contribution < -0.4 is 0 Å². The number of allylic oxidation sites excluding steroid dienone is 1. The molecule has 0 radical (unpaired) electrons. The summed E-state index contributed by atoms with van der Waals surface area (Å²) in [5, 5.41) is 7.83. The van der Waals surface area contributed by atoms with Crippen LogP contribution in [0.1, 0.15) is 111 Å². The maximum Gasteiger partial charge on any atom is 0.327 e. The Morgan fingerprint density at radius 1 is 0.696 bits per heavy atom. The summed E-state index contributed by atoms with van der Waals surface area (Å²) in [5.41, 5.74) is 0. The molecule has 3 nitrogen and oxygen atoms in total. The van der Waals surface area contributed by atoms with E-state index < -0.39 is 5.97 Å². The monoisotopic (exact) mass is 330 g/mol. The van der Waals surface area contributed by atoms with Gasteiger partial charge in [-0.05, 0) is 6.92 Å². The first kappa shape index (κ1) is 27.0. The number of aliphatic carboxylic acids is 1. The molecule has 0 spiro atoms. The second kappa shape index (κ2) is 26.1. The number of carbonyl (C=O) groups is 1. The van der Waals surface area contributed by atoms with Gasteiger partial charge in [0.15, 0.2) is 0 Å². The Hall–Kier alpha value is -0.830. The fraction of sp³-hybridized carbons (Fsp3) is 0.850. The molecule has 0 saturated carbocycles. The quantitative estimate of drug-likeness (QED) is 0.299. The van der Waals surface area contributed by atoms with Crippen LogP contribution in [0.4, 0.5) is 0 Å². The summed E-state index contributed by atoms with van der Waals surface area (Å²) in [4.78, 5) is 9.51. The van der Waals surface area contributed by atoms with Crippen LogP contribution >= 0.6 is 0 Å². The zero-order valence-corrected chi connectivity index (χ0v) is 15.9. The molecule has 3 heteroatoms. The Morgan fingerprint density at radius 3 is 1.09 bits per heavy atom. The van der Waals surface area contributed by atoms with Crippen molar-refractivity contribution in [3.63, 3.8) is 0 Å². The van der Waals surface area contributed by atoms with Crippen molar-refractivity contribution in [3.05, 3.63) is 12.2 Å². The van der Waals surface area contributed by atoms with Crippen molar-refractivity contribution in [2.24, 2.45) is 0 Å². The lowest BCUT2D eigenvalue weighted by Crippen LogP contribution is -1.83. The molecular weight excluding hydrogens is 288 g/mol. The van der Waals surface area contributed by atoms with Gasteiger partial charge in [0.25, 0.3) is 0 Å². The molecule has 0 heterocycles. The van der Waals surface area contributed by atoms with Crippen molar-refractivity contribution in [2.45, 2.75) is 111 Å². The van der Waals surface area contributed by atoms with Gasteiger partial charge in [0, 0.05) is 6.08 Å². The topological polar surface area (TPSA) is 68.8 Å². The SMILES string of the molecule is CC=CC(=O)O.CCCCCCCCCCCCCCCC.O. The first-order valence-corrected chi connectivity index (χ1v) is 9.54. The second-order valence-electron chi connectivity index (χ2n) is 6.08. The normalized spacial score (nSPS) is 10.0. The predicted molar refractivity (Wildman–Crippen MR) is 102 cm³/mol. The molecule has 0 aliphatic carbocycles. The highest BCUT2D eigenvalue weighted by Crippen LogP contribution is 2.12. The minimum Gasteiger partial charge on any atom is -0.478 e. The maximum atomic E-state index is 9.51. The molecule has 0 atom stereocenters. The third kappa shape index (κ3) is 33.8. The summed E-state index contributed by atoms with van der Waals surface area (Å²) in [6.07, 6.45) is 23.0. The van der Waals surface area contributed by atoms with Crippen LogP contribution in [0.15, 0.2) is 12.2 Å². The van der Waals surface area contributed by atoms with Gasteiger partial charge >= 0.3 is 5.97 Å². The highest BCUT2D eigenvalue weighted by Gasteiger charge is 1.92. The summed E-state index contributed by atoms with van der Waals surface area (Å²) in [6.45, 7) is 6.24. The summed E-state index contributed by atoms with van der Waals surface area (Å²) in [5.74, 6) is -0.891. The van der Waals surface area contributed by atoms with Gasteiger partial charge in [0.1, 0.15) is 0 Å². The van der Waals surface area contributed by atoms with Gasteiger partial charge in [-0.2, -0.15) is 0 Å². The Morgan fingerprint density at radius 2 is 0.957 bits per heavy atom. The number of rotatable bonds is 14. The molecule has 0 aromatic carbocycles. The lowest BCUT2D eigenvalue weighted by atomic mass is 10.0. The van der Waals surface area contributed by atoms with Gasteiger partial charge in [-0.1, -0.05) is 110 Å². The molecule has 0 bridgehead atoms. The number of carboxylic acids is 1. The van der Waals surface area contributed by atoms with Crippen LogP contribution in [0, 0.1) is 0 Å². The average molecular weight is 331 g/mol. The van der Waals surface area contributed by atoms with Crippen LogP contribution in [0.2, 0.25) is 0 Å². The van der Waals surface area contributed by atoms with E-state index in [4.69, 9.17) is 5.11 Å². The lowest BCUT2D eigenvalue weighted by Gasteiger charge is -2.02. The van der Waals surface area contributed by atoms with E-state index in [-0.39, 0.29) is 5.48 Å². The summed E-state index contributed by atoms with van der Waals surface area (Å²) < 4.78 is 0. The predicted octanol–water partition coefficient (Wildman–Crippen LogP) is 6.31. The van der Waals surface area contributed by atoms with Crippen LogP contribution in [-0.2, 0) is 4.79 Å². The summed E-state index contributed by atoms with van der Waals surface area (Å²) in [6, 6.07) is 0. The van der Waals surface area contributed by atoms with Crippen molar-refractivity contribution in [1.82, 2.24) is 0 Å². The van der Waals surface area contributed by atoms with Gasteiger partial charge in [0.05, 0.1) is 0 Å². The fourth-order valence-corrected chi connectivity index (χ4v) is 2.41. The highest BCUT2D eigenvalue weighted by molar-refractivity contribution is 5.79. The van der Waals surface area contributed by atoms with Crippen molar-refractivity contribution < 1.29 is 15.4 Å². The molecule has 3 N–H and O–H groups in total. The Labute approximate surface area is 144 Å². The van der Waals surface area contributed by atoms with Crippen molar-refractivity contribution >= 4 is 5.97 Å². The fourth-order valence-electron chi connectivity index (χ4n) is 2.41. The Bertz CT molecular complexity index is 223. The molecule has 23 heavy (non-hydrogen) atoms. The van der Waals surface area contributed by atoms with E-state index in [1.165, 1.54) is 96.0 Å². The van der Waals surface area contributed by atoms with Gasteiger partial charge in [0.2, 0.25) is 0 Å². The van der Waals surface area contributed by atoms with E-state index in [1.807, 2.05) is 0 Å². The summed E-state index contributed by atoms with van der Waals surface area (Å²) >= 11 is 0. The van der Waals surface area contributed by atoms with Crippen LogP contribution in [0.25, 0.3) is 0 Å². The number of carboxylic acid groups (broad SMARTS) is 1. The number of hydrogen-bond donors (Lipinski definition) is 1. The zero-order chi connectivity index (χ0) is 16.9. The van der Waals surface area contributed by atoms with E-state index >= 15 is 0 Å². The second-order valence-corrected chi connectivity index (χ2v) is 6.08. The molecule has 0 fully saturated rings. The van der Waals surface area contributed by atoms with E-state index in [0.29, 0.717) is 0 Å². The highest BCUT2D eigenvalue weighted by atomic mass is 16.4. The molecule has 0 aliphatic rings. The Kier molecular flexibility index (Phi) is 30.7. The molecule has 0 aromatic heterocycles. The molecule has 0 aromatic rings. The largest absolute Gasteiger partial charge is 0.478 e.